The highest BCUT2D eigenvalue weighted by Gasteiger charge is 2.39. The maximum Gasteiger partial charge on any atom is 0.500 e. The standard InChI is InChI=1S/C20H43ClO3Si/c1-4-22-25(23-5-2,24-6-3)20-18-16-14-12-10-8-7-9-11-13-15-17-19-21/h4-20H2,1-3H3. The largest absolute Gasteiger partial charge is 0.500 e. The van der Waals surface area contributed by atoms with E-state index in [1.165, 1.54) is 70.6 Å². The van der Waals surface area contributed by atoms with Gasteiger partial charge in [0.1, 0.15) is 0 Å². The quantitative estimate of drug-likeness (QED) is 0.127. The van der Waals surface area contributed by atoms with E-state index in [-0.39, 0.29) is 0 Å². The Morgan fingerprint density at radius 3 is 1.16 bits per heavy atom. The van der Waals surface area contributed by atoms with Gasteiger partial charge in [-0.1, -0.05) is 64.2 Å². The van der Waals surface area contributed by atoms with Gasteiger partial charge in [0.05, 0.1) is 0 Å². The summed E-state index contributed by atoms with van der Waals surface area (Å²) in [5.41, 5.74) is 0. The Hall–Kier alpha value is 0.387. The number of halogens is 1. The van der Waals surface area contributed by atoms with Crippen LogP contribution in [0.5, 0.6) is 0 Å². The second-order valence-electron chi connectivity index (χ2n) is 6.66. The lowest BCUT2D eigenvalue weighted by Crippen LogP contribution is -2.45. The molecule has 0 N–H and O–H groups in total. The summed E-state index contributed by atoms with van der Waals surface area (Å²) < 4.78 is 17.7. The summed E-state index contributed by atoms with van der Waals surface area (Å²) >= 11 is 5.69. The smallest absolute Gasteiger partial charge is 0.374 e. The van der Waals surface area contributed by atoms with Crippen LogP contribution >= 0.6 is 11.6 Å². The van der Waals surface area contributed by atoms with Gasteiger partial charge in [-0.2, -0.15) is 0 Å². The predicted octanol–water partition coefficient (Wildman–Crippen LogP) is 6.95. The van der Waals surface area contributed by atoms with Crippen LogP contribution in [0, 0.1) is 0 Å². The van der Waals surface area contributed by atoms with Crippen molar-refractivity contribution in [3.8, 4) is 0 Å². The third-order valence-electron chi connectivity index (χ3n) is 4.46. The molecule has 0 aliphatic heterocycles. The van der Waals surface area contributed by atoms with E-state index in [2.05, 4.69) is 0 Å². The van der Waals surface area contributed by atoms with E-state index in [9.17, 15) is 0 Å². The fourth-order valence-electron chi connectivity index (χ4n) is 3.21. The van der Waals surface area contributed by atoms with E-state index in [1.54, 1.807) is 0 Å². The molecule has 0 radical (unpaired) electrons. The minimum absolute atomic E-state index is 0.679. The summed E-state index contributed by atoms with van der Waals surface area (Å²) in [5.74, 6) is 0.823. The van der Waals surface area contributed by atoms with Gasteiger partial charge in [0.2, 0.25) is 0 Å². The monoisotopic (exact) mass is 394 g/mol. The van der Waals surface area contributed by atoms with Crippen molar-refractivity contribution in [2.75, 3.05) is 25.7 Å². The van der Waals surface area contributed by atoms with Gasteiger partial charge in [0.15, 0.2) is 0 Å². The molecule has 0 atom stereocenters. The number of unbranched alkanes of at least 4 members (excludes halogenated alkanes) is 11. The van der Waals surface area contributed by atoms with Crippen molar-refractivity contribution >= 4 is 20.4 Å². The fraction of sp³-hybridized carbons (Fsp3) is 1.00. The number of alkyl halides is 1. The first-order valence-electron chi connectivity index (χ1n) is 10.7. The zero-order valence-corrected chi connectivity index (χ0v) is 18.9. The highest BCUT2D eigenvalue weighted by Crippen LogP contribution is 2.21. The lowest BCUT2D eigenvalue weighted by molar-refractivity contribution is 0.0706. The Balaban J connectivity index is 3.56. The van der Waals surface area contributed by atoms with Gasteiger partial charge in [-0.25, -0.2) is 0 Å². The van der Waals surface area contributed by atoms with E-state index < -0.39 is 8.80 Å². The minimum atomic E-state index is -2.40. The Morgan fingerprint density at radius 1 is 0.520 bits per heavy atom. The van der Waals surface area contributed by atoms with Crippen LogP contribution < -0.4 is 0 Å². The molecule has 0 aliphatic carbocycles. The van der Waals surface area contributed by atoms with Crippen molar-refractivity contribution in [2.45, 2.75) is 104 Å². The van der Waals surface area contributed by atoms with Crippen molar-refractivity contribution in [1.29, 1.82) is 0 Å². The third kappa shape index (κ3) is 15.2. The Kier molecular flexibility index (Phi) is 19.5. The molecule has 0 aromatic carbocycles. The molecular weight excluding hydrogens is 352 g/mol. The van der Waals surface area contributed by atoms with Gasteiger partial charge < -0.3 is 13.3 Å². The fourth-order valence-corrected chi connectivity index (χ4v) is 6.08. The summed E-state index contributed by atoms with van der Waals surface area (Å²) in [6, 6.07) is 0.963. The maximum absolute atomic E-state index is 5.90. The maximum atomic E-state index is 5.90. The molecule has 0 aromatic rings. The topological polar surface area (TPSA) is 27.7 Å². The van der Waals surface area contributed by atoms with Crippen LogP contribution in [0.3, 0.4) is 0 Å². The average molecular weight is 395 g/mol. The van der Waals surface area contributed by atoms with Crippen LogP contribution in [0.15, 0.2) is 0 Å². The predicted molar refractivity (Wildman–Crippen MR) is 112 cm³/mol. The first kappa shape index (κ1) is 25.4. The molecule has 0 amide bonds. The summed E-state index contributed by atoms with van der Waals surface area (Å²) in [6.45, 7) is 8.11. The van der Waals surface area contributed by atoms with Crippen molar-refractivity contribution in [1.82, 2.24) is 0 Å². The molecule has 0 bridgehead atoms. The van der Waals surface area contributed by atoms with Gasteiger partial charge in [0.25, 0.3) is 0 Å². The molecular formula is C20H43ClO3Si. The summed E-state index contributed by atoms with van der Waals surface area (Å²) in [5, 5.41) is 0. The lowest BCUT2D eigenvalue weighted by Gasteiger charge is -2.28. The molecule has 0 fully saturated rings. The van der Waals surface area contributed by atoms with Crippen molar-refractivity contribution in [2.24, 2.45) is 0 Å². The van der Waals surface area contributed by atoms with E-state index in [0.717, 1.165) is 18.3 Å². The van der Waals surface area contributed by atoms with Crippen LogP contribution in [0.25, 0.3) is 0 Å². The molecule has 0 aliphatic rings. The summed E-state index contributed by atoms with van der Waals surface area (Å²) in [7, 11) is -2.40. The number of hydrogen-bond acceptors (Lipinski definition) is 3. The summed E-state index contributed by atoms with van der Waals surface area (Å²) in [4.78, 5) is 0. The van der Waals surface area contributed by atoms with E-state index >= 15 is 0 Å². The number of rotatable bonds is 20. The molecule has 0 saturated heterocycles. The highest BCUT2D eigenvalue weighted by molar-refractivity contribution is 6.60. The van der Waals surface area contributed by atoms with Crippen molar-refractivity contribution < 1.29 is 13.3 Å². The van der Waals surface area contributed by atoms with Gasteiger partial charge in [-0.3, -0.25) is 0 Å². The molecule has 0 rings (SSSR count). The van der Waals surface area contributed by atoms with E-state index in [4.69, 9.17) is 24.9 Å². The van der Waals surface area contributed by atoms with Crippen LogP contribution in [-0.4, -0.2) is 34.5 Å². The molecule has 0 unspecified atom stereocenters. The number of hydrogen-bond donors (Lipinski definition) is 0. The molecule has 5 heteroatoms. The van der Waals surface area contributed by atoms with Crippen LogP contribution in [0.4, 0.5) is 0 Å². The Labute approximate surface area is 163 Å². The van der Waals surface area contributed by atoms with E-state index in [1.807, 2.05) is 20.8 Å². The average Bonchev–Trinajstić information content (AvgIpc) is 2.60. The molecule has 0 saturated carbocycles. The Morgan fingerprint density at radius 2 is 0.840 bits per heavy atom. The van der Waals surface area contributed by atoms with Crippen LogP contribution in [0.1, 0.15) is 97.8 Å². The van der Waals surface area contributed by atoms with Crippen LogP contribution in [-0.2, 0) is 13.3 Å². The molecule has 0 spiro atoms. The summed E-state index contributed by atoms with van der Waals surface area (Å²) in [6.07, 6.45) is 15.9. The second-order valence-corrected chi connectivity index (χ2v) is 9.77. The van der Waals surface area contributed by atoms with Gasteiger partial charge in [0, 0.05) is 31.7 Å². The van der Waals surface area contributed by atoms with Gasteiger partial charge in [-0.05, 0) is 33.6 Å². The molecule has 25 heavy (non-hydrogen) atoms. The zero-order valence-electron chi connectivity index (χ0n) is 17.1. The normalized spacial score (nSPS) is 12.0. The molecule has 3 nitrogen and oxygen atoms in total. The zero-order chi connectivity index (χ0) is 18.6. The van der Waals surface area contributed by atoms with Gasteiger partial charge >= 0.3 is 8.80 Å². The highest BCUT2D eigenvalue weighted by atomic mass is 35.5. The molecule has 0 heterocycles. The SMILES string of the molecule is CCO[Si](CCCCCCCCCCCCCCCl)(OCC)OCC. The van der Waals surface area contributed by atoms with Crippen molar-refractivity contribution in [3.63, 3.8) is 0 Å². The molecule has 152 valence electrons. The van der Waals surface area contributed by atoms with Gasteiger partial charge in [-0.15, -0.1) is 11.6 Å². The van der Waals surface area contributed by atoms with Crippen molar-refractivity contribution in [3.05, 3.63) is 0 Å². The first-order chi connectivity index (χ1) is 12.2. The Bertz CT molecular complexity index is 250. The second kappa shape index (κ2) is 19.2. The first-order valence-corrected chi connectivity index (χ1v) is 13.2. The molecule has 0 aromatic heterocycles. The van der Waals surface area contributed by atoms with Crippen LogP contribution in [0.2, 0.25) is 6.04 Å². The lowest BCUT2D eigenvalue weighted by atomic mass is 10.1. The minimum Gasteiger partial charge on any atom is -0.374 e. The third-order valence-corrected chi connectivity index (χ3v) is 7.88. The van der Waals surface area contributed by atoms with E-state index in [0.29, 0.717) is 19.8 Å².